The summed E-state index contributed by atoms with van der Waals surface area (Å²) < 4.78 is 1.04. The monoisotopic (exact) mass is 395 g/mol. The molecule has 2 N–H and O–H groups in total. The lowest BCUT2D eigenvalue weighted by atomic mass is 9.99. The van der Waals surface area contributed by atoms with E-state index >= 15 is 0 Å². The lowest BCUT2D eigenvalue weighted by molar-refractivity contribution is 0.189. The highest BCUT2D eigenvalue weighted by atomic mass is 79.9. The average molecular weight is 396 g/mol. The Labute approximate surface area is 154 Å². The molecule has 134 valence electrons. The van der Waals surface area contributed by atoms with Crippen molar-refractivity contribution >= 4 is 27.6 Å². The minimum absolute atomic E-state index is 0.115. The first-order valence-electron chi connectivity index (χ1n) is 8.99. The number of likely N-dealkylation sites (tertiary alicyclic amines) is 1. The Bertz CT molecular complexity index is 531. The Kier molecular flexibility index (Phi) is 7.56. The topological polar surface area (TPSA) is 44.4 Å². The Morgan fingerprint density at radius 3 is 2.46 bits per heavy atom. The molecule has 0 aliphatic carbocycles. The van der Waals surface area contributed by atoms with Crippen molar-refractivity contribution in [2.75, 3.05) is 31.5 Å². The van der Waals surface area contributed by atoms with Crippen LogP contribution in [-0.4, -0.2) is 37.1 Å². The van der Waals surface area contributed by atoms with E-state index in [9.17, 15) is 4.79 Å². The maximum atomic E-state index is 12.1. The van der Waals surface area contributed by atoms with Crippen LogP contribution in [0.4, 0.5) is 10.5 Å². The molecule has 1 aromatic carbocycles. The molecule has 1 fully saturated rings. The molecule has 0 atom stereocenters. The van der Waals surface area contributed by atoms with Crippen molar-refractivity contribution in [3.63, 3.8) is 0 Å². The van der Waals surface area contributed by atoms with Crippen LogP contribution in [0.25, 0.3) is 0 Å². The lowest BCUT2D eigenvalue weighted by Crippen LogP contribution is -2.34. The fourth-order valence-electron chi connectivity index (χ4n) is 3.21. The lowest BCUT2D eigenvalue weighted by Gasteiger charge is -2.30. The van der Waals surface area contributed by atoms with E-state index in [0.717, 1.165) is 53.1 Å². The third-order valence-corrected chi connectivity index (χ3v) is 5.26. The molecular weight excluding hydrogens is 366 g/mol. The van der Waals surface area contributed by atoms with Crippen LogP contribution in [0.2, 0.25) is 0 Å². The van der Waals surface area contributed by atoms with Crippen LogP contribution in [-0.2, 0) is 0 Å². The summed E-state index contributed by atoms with van der Waals surface area (Å²) in [5, 5.41) is 5.93. The van der Waals surface area contributed by atoms with Crippen molar-refractivity contribution in [1.29, 1.82) is 0 Å². The number of anilines is 1. The molecule has 5 heteroatoms. The van der Waals surface area contributed by atoms with Gasteiger partial charge in [0.05, 0.1) is 0 Å². The molecule has 0 saturated carbocycles. The number of hydrogen-bond donors (Lipinski definition) is 2. The molecule has 2 amide bonds. The van der Waals surface area contributed by atoms with Crippen molar-refractivity contribution < 1.29 is 4.79 Å². The first-order chi connectivity index (χ1) is 11.5. The number of unbranched alkanes of at least 4 members (excludes halogenated alkanes) is 1. The van der Waals surface area contributed by atoms with Crippen molar-refractivity contribution in [3.05, 3.63) is 27.7 Å². The third-order valence-electron chi connectivity index (χ3n) is 4.80. The number of benzene rings is 1. The van der Waals surface area contributed by atoms with Crippen LogP contribution in [0.1, 0.15) is 43.7 Å². The standard InChI is InChI=1S/C19H30BrN3O/c1-14-6-10-23(11-7-14)9-5-4-8-21-19(24)22-18-15(2)12-17(20)13-16(18)3/h12-14H,4-11H2,1-3H3,(H2,21,22,24). The van der Waals surface area contributed by atoms with Crippen molar-refractivity contribution in [2.24, 2.45) is 5.92 Å². The Morgan fingerprint density at radius 1 is 1.21 bits per heavy atom. The molecule has 0 radical (unpaired) electrons. The number of halogens is 1. The molecule has 2 rings (SSSR count). The Balaban J connectivity index is 1.63. The summed E-state index contributed by atoms with van der Waals surface area (Å²) in [5.74, 6) is 0.886. The normalized spacial score (nSPS) is 16.2. The van der Waals surface area contributed by atoms with Gasteiger partial charge < -0.3 is 15.5 Å². The predicted molar refractivity (Wildman–Crippen MR) is 105 cm³/mol. The maximum absolute atomic E-state index is 12.1. The molecule has 0 bridgehead atoms. The summed E-state index contributed by atoms with van der Waals surface area (Å²) in [6.07, 6.45) is 4.82. The van der Waals surface area contributed by atoms with Gasteiger partial charge >= 0.3 is 6.03 Å². The van der Waals surface area contributed by atoms with E-state index < -0.39 is 0 Å². The second-order valence-corrected chi connectivity index (χ2v) is 7.94. The number of nitrogens with zero attached hydrogens (tertiary/aromatic N) is 1. The minimum Gasteiger partial charge on any atom is -0.338 e. The zero-order valence-electron chi connectivity index (χ0n) is 15.1. The van der Waals surface area contributed by atoms with Gasteiger partial charge in [0.25, 0.3) is 0 Å². The van der Waals surface area contributed by atoms with Gasteiger partial charge in [0.15, 0.2) is 0 Å². The zero-order chi connectivity index (χ0) is 17.5. The van der Waals surface area contributed by atoms with Gasteiger partial charge in [0.2, 0.25) is 0 Å². The van der Waals surface area contributed by atoms with Crippen molar-refractivity contribution in [2.45, 2.75) is 46.5 Å². The molecule has 1 saturated heterocycles. The van der Waals surface area contributed by atoms with E-state index in [1.807, 2.05) is 26.0 Å². The fourth-order valence-corrected chi connectivity index (χ4v) is 3.90. The number of carbonyl (C=O) groups excluding carboxylic acids is 1. The summed E-state index contributed by atoms with van der Waals surface area (Å²) in [7, 11) is 0. The molecular formula is C19H30BrN3O. The van der Waals surface area contributed by atoms with Gasteiger partial charge in [-0.25, -0.2) is 4.79 Å². The molecule has 1 aliphatic rings. The summed E-state index contributed by atoms with van der Waals surface area (Å²) in [6.45, 7) is 10.7. The first-order valence-corrected chi connectivity index (χ1v) is 9.79. The van der Waals surface area contributed by atoms with Gasteiger partial charge in [-0.15, -0.1) is 0 Å². The van der Waals surface area contributed by atoms with Gasteiger partial charge in [-0.2, -0.15) is 0 Å². The number of rotatable bonds is 6. The van der Waals surface area contributed by atoms with E-state index in [2.05, 4.69) is 38.4 Å². The quantitative estimate of drug-likeness (QED) is 0.685. The minimum atomic E-state index is -0.115. The van der Waals surface area contributed by atoms with E-state index in [-0.39, 0.29) is 6.03 Å². The molecule has 1 aliphatic heterocycles. The summed E-state index contributed by atoms with van der Waals surface area (Å²) >= 11 is 3.48. The molecule has 0 aromatic heterocycles. The van der Waals surface area contributed by atoms with Crippen molar-refractivity contribution in [1.82, 2.24) is 10.2 Å². The second kappa shape index (κ2) is 9.42. The first kappa shape index (κ1) is 19.3. The van der Waals surface area contributed by atoms with Crippen LogP contribution < -0.4 is 10.6 Å². The number of hydrogen-bond acceptors (Lipinski definition) is 2. The number of nitrogens with one attached hydrogen (secondary N) is 2. The van der Waals surface area contributed by atoms with Gasteiger partial charge in [-0.3, -0.25) is 0 Å². The van der Waals surface area contributed by atoms with Gasteiger partial charge in [0.1, 0.15) is 0 Å². The largest absolute Gasteiger partial charge is 0.338 e. The maximum Gasteiger partial charge on any atom is 0.319 e. The van der Waals surface area contributed by atoms with Crippen LogP contribution >= 0.6 is 15.9 Å². The average Bonchev–Trinajstić information content (AvgIpc) is 2.52. The number of aryl methyl sites for hydroxylation is 2. The highest BCUT2D eigenvalue weighted by Crippen LogP contribution is 2.24. The van der Waals surface area contributed by atoms with E-state index in [1.165, 1.54) is 25.9 Å². The van der Waals surface area contributed by atoms with Crippen LogP contribution in [0, 0.1) is 19.8 Å². The number of carbonyl (C=O) groups is 1. The van der Waals surface area contributed by atoms with Crippen LogP contribution in [0.5, 0.6) is 0 Å². The Morgan fingerprint density at radius 2 is 1.83 bits per heavy atom. The predicted octanol–water partition coefficient (Wildman–Crippen LogP) is 4.70. The summed E-state index contributed by atoms with van der Waals surface area (Å²) in [6, 6.07) is 3.92. The zero-order valence-corrected chi connectivity index (χ0v) is 16.7. The third kappa shape index (κ3) is 6.10. The molecule has 0 spiro atoms. The summed E-state index contributed by atoms with van der Waals surface area (Å²) in [4.78, 5) is 14.6. The molecule has 1 heterocycles. The van der Waals surface area contributed by atoms with Crippen LogP contribution in [0.3, 0.4) is 0 Å². The fraction of sp³-hybridized carbons (Fsp3) is 0.632. The van der Waals surface area contributed by atoms with Crippen molar-refractivity contribution in [3.8, 4) is 0 Å². The van der Waals surface area contributed by atoms with Gasteiger partial charge in [0, 0.05) is 16.7 Å². The molecule has 0 unspecified atom stereocenters. The Hall–Kier alpha value is -1.07. The summed E-state index contributed by atoms with van der Waals surface area (Å²) in [5.41, 5.74) is 3.03. The van der Waals surface area contributed by atoms with E-state index in [0.29, 0.717) is 0 Å². The number of amides is 2. The highest BCUT2D eigenvalue weighted by molar-refractivity contribution is 9.10. The van der Waals surface area contributed by atoms with Crippen LogP contribution in [0.15, 0.2) is 16.6 Å². The van der Waals surface area contributed by atoms with E-state index in [1.54, 1.807) is 0 Å². The second-order valence-electron chi connectivity index (χ2n) is 7.03. The van der Waals surface area contributed by atoms with Gasteiger partial charge in [-0.05, 0) is 88.3 Å². The van der Waals surface area contributed by atoms with Gasteiger partial charge in [-0.1, -0.05) is 22.9 Å². The SMILES string of the molecule is Cc1cc(Br)cc(C)c1NC(=O)NCCCCN1CCC(C)CC1. The number of piperidine rings is 1. The number of urea groups is 1. The smallest absolute Gasteiger partial charge is 0.319 e. The highest BCUT2D eigenvalue weighted by Gasteiger charge is 2.14. The van der Waals surface area contributed by atoms with E-state index in [4.69, 9.17) is 0 Å². The molecule has 4 nitrogen and oxygen atoms in total. The molecule has 1 aromatic rings. The molecule has 24 heavy (non-hydrogen) atoms.